The first kappa shape index (κ1) is 21.6. The number of primary amides is 1. The third-order valence-corrected chi connectivity index (χ3v) is 6.05. The molecular weight excluding hydrogens is 429 g/mol. The number of nitrogens with two attached hydrogens (primary N) is 1. The molecule has 0 saturated carbocycles. The molecule has 1 aromatic heterocycles. The minimum absolute atomic E-state index is 0.0901. The van der Waals surface area contributed by atoms with E-state index in [1.54, 1.807) is 11.3 Å². The first-order valence-electron chi connectivity index (χ1n) is 10.1. The second-order valence-corrected chi connectivity index (χ2v) is 8.36. The van der Waals surface area contributed by atoms with Crippen molar-refractivity contribution in [1.29, 1.82) is 0 Å². The van der Waals surface area contributed by atoms with Gasteiger partial charge in [-0.1, -0.05) is 29.8 Å². The Morgan fingerprint density at radius 1 is 1.19 bits per heavy atom. The van der Waals surface area contributed by atoms with Crippen LogP contribution in [0.5, 0.6) is 0 Å². The zero-order valence-corrected chi connectivity index (χ0v) is 18.2. The summed E-state index contributed by atoms with van der Waals surface area (Å²) in [6.07, 6.45) is 0.662. The number of carbonyl (C=O) groups excluding carboxylic acids is 2. The third-order valence-electron chi connectivity index (χ3n) is 5.11. The fourth-order valence-electron chi connectivity index (χ4n) is 3.36. The van der Waals surface area contributed by atoms with Crippen LogP contribution in [0, 0.1) is 12.7 Å². The molecule has 1 unspecified atom stereocenters. The highest BCUT2D eigenvalue weighted by Gasteiger charge is 2.34. The van der Waals surface area contributed by atoms with Gasteiger partial charge in [0.1, 0.15) is 22.6 Å². The molecule has 0 fully saturated rings. The highest BCUT2D eigenvalue weighted by atomic mass is 32.1. The summed E-state index contributed by atoms with van der Waals surface area (Å²) < 4.78 is 13.2. The highest BCUT2D eigenvalue weighted by Crippen LogP contribution is 2.25. The summed E-state index contributed by atoms with van der Waals surface area (Å²) in [5.74, 6) is -1.38. The summed E-state index contributed by atoms with van der Waals surface area (Å²) in [5.41, 5.74) is 9.33. The maximum absolute atomic E-state index is 13.2. The Morgan fingerprint density at radius 2 is 1.91 bits per heavy atom. The lowest BCUT2D eigenvalue weighted by atomic mass is 10.1. The predicted molar refractivity (Wildman–Crippen MR) is 123 cm³/mol. The standard InChI is InChI=1S/C23H22FN5O2S/c1-14-2-4-15(5-3-14)23-27-17(13-32-23)10-11-26-22(31)19-12-20(21(25)30)29(28-19)18-8-6-16(24)7-9-18/h2-9,13,20H,10-12H2,1H3,(H2,25,30)(H,26,31). The molecule has 3 aromatic rings. The fourth-order valence-corrected chi connectivity index (χ4v) is 4.22. The Bertz CT molecular complexity index is 1160. The number of nitrogens with one attached hydrogen (secondary N) is 1. The summed E-state index contributed by atoms with van der Waals surface area (Å²) in [4.78, 5) is 29.1. The molecule has 2 heterocycles. The molecule has 1 atom stereocenters. The lowest BCUT2D eigenvalue weighted by molar-refractivity contribution is -0.119. The maximum atomic E-state index is 13.2. The molecule has 1 aliphatic rings. The van der Waals surface area contributed by atoms with Crippen LogP contribution in [0.15, 0.2) is 59.0 Å². The monoisotopic (exact) mass is 451 g/mol. The van der Waals surface area contributed by atoms with E-state index in [9.17, 15) is 14.0 Å². The molecular formula is C23H22FN5O2S. The summed E-state index contributed by atoms with van der Waals surface area (Å²) in [5, 5.41) is 11.4. The number of benzene rings is 2. The van der Waals surface area contributed by atoms with Gasteiger partial charge < -0.3 is 11.1 Å². The molecule has 7 nitrogen and oxygen atoms in total. The van der Waals surface area contributed by atoms with Crippen molar-refractivity contribution < 1.29 is 14.0 Å². The van der Waals surface area contributed by atoms with Crippen molar-refractivity contribution in [3.8, 4) is 10.6 Å². The van der Waals surface area contributed by atoms with Crippen molar-refractivity contribution in [2.45, 2.75) is 25.8 Å². The quantitative estimate of drug-likeness (QED) is 0.577. The Labute approximate surface area is 188 Å². The van der Waals surface area contributed by atoms with Crippen LogP contribution in [-0.4, -0.2) is 35.1 Å². The van der Waals surface area contributed by atoms with Crippen molar-refractivity contribution >= 4 is 34.6 Å². The largest absolute Gasteiger partial charge is 0.368 e. The van der Waals surface area contributed by atoms with Crippen molar-refractivity contribution in [3.63, 3.8) is 0 Å². The average Bonchev–Trinajstić information content (AvgIpc) is 3.43. The zero-order chi connectivity index (χ0) is 22.7. The van der Waals surface area contributed by atoms with E-state index in [-0.39, 0.29) is 18.0 Å². The number of rotatable bonds is 7. The second kappa shape index (κ2) is 9.27. The summed E-state index contributed by atoms with van der Waals surface area (Å²) in [6.45, 7) is 2.42. The van der Waals surface area contributed by atoms with E-state index in [1.807, 2.05) is 36.6 Å². The molecule has 0 radical (unpaired) electrons. The van der Waals surface area contributed by atoms with E-state index < -0.39 is 17.8 Å². The number of thiazole rings is 1. The molecule has 3 N–H and O–H groups in total. The number of hydrazone groups is 1. The molecule has 1 aliphatic heterocycles. The van der Waals surface area contributed by atoms with E-state index in [2.05, 4.69) is 15.4 Å². The number of hydrogen-bond acceptors (Lipinski definition) is 6. The SMILES string of the molecule is Cc1ccc(-c2nc(CCNC(=O)C3=NN(c4ccc(F)cc4)C(C(N)=O)C3)cs2)cc1. The molecule has 2 aromatic carbocycles. The van der Waals surface area contributed by atoms with Gasteiger partial charge in [0.05, 0.1) is 11.4 Å². The normalized spacial score (nSPS) is 15.5. The molecule has 164 valence electrons. The number of amides is 2. The van der Waals surface area contributed by atoms with Gasteiger partial charge >= 0.3 is 0 Å². The number of halogens is 1. The van der Waals surface area contributed by atoms with Crippen LogP contribution >= 0.6 is 11.3 Å². The van der Waals surface area contributed by atoms with Crippen LogP contribution in [-0.2, 0) is 16.0 Å². The van der Waals surface area contributed by atoms with Crippen LogP contribution in [0.4, 0.5) is 10.1 Å². The first-order chi connectivity index (χ1) is 15.4. The molecule has 0 bridgehead atoms. The average molecular weight is 452 g/mol. The molecule has 9 heteroatoms. The van der Waals surface area contributed by atoms with Gasteiger partial charge in [-0.25, -0.2) is 9.37 Å². The van der Waals surface area contributed by atoms with Gasteiger partial charge in [0.15, 0.2) is 0 Å². The lowest BCUT2D eigenvalue weighted by Crippen LogP contribution is -2.40. The van der Waals surface area contributed by atoms with Crippen LogP contribution in [0.3, 0.4) is 0 Å². The number of anilines is 1. The zero-order valence-electron chi connectivity index (χ0n) is 17.4. The Balaban J connectivity index is 1.36. The van der Waals surface area contributed by atoms with Crippen molar-refractivity contribution in [2.24, 2.45) is 10.8 Å². The topological polar surface area (TPSA) is 101 Å². The maximum Gasteiger partial charge on any atom is 0.267 e. The van der Waals surface area contributed by atoms with Gasteiger partial charge in [0.2, 0.25) is 5.91 Å². The number of carbonyl (C=O) groups is 2. The summed E-state index contributed by atoms with van der Waals surface area (Å²) in [6, 6.07) is 12.9. The van der Waals surface area contributed by atoms with Gasteiger partial charge in [-0.3, -0.25) is 14.6 Å². The second-order valence-electron chi connectivity index (χ2n) is 7.51. The summed E-state index contributed by atoms with van der Waals surface area (Å²) >= 11 is 1.56. The predicted octanol–water partition coefficient (Wildman–Crippen LogP) is 3.04. The van der Waals surface area contributed by atoms with Gasteiger partial charge in [-0.05, 0) is 31.2 Å². The molecule has 0 spiro atoms. The smallest absolute Gasteiger partial charge is 0.267 e. The minimum atomic E-state index is -0.795. The molecule has 2 amide bonds. The van der Waals surface area contributed by atoms with Gasteiger partial charge in [0, 0.05) is 30.3 Å². The van der Waals surface area contributed by atoms with Gasteiger partial charge in [0.25, 0.3) is 5.91 Å². The first-order valence-corrected chi connectivity index (χ1v) is 11.0. The summed E-state index contributed by atoms with van der Waals surface area (Å²) in [7, 11) is 0. The third kappa shape index (κ3) is 4.83. The van der Waals surface area contributed by atoms with Crippen LogP contribution in [0.1, 0.15) is 17.7 Å². The van der Waals surface area contributed by atoms with Crippen molar-refractivity contribution in [2.75, 3.05) is 11.6 Å². The van der Waals surface area contributed by atoms with E-state index in [1.165, 1.54) is 34.8 Å². The Kier molecular flexibility index (Phi) is 6.27. The van der Waals surface area contributed by atoms with Crippen molar-refractivity contribution in [3.05, 3.63) is 71.0 Å². The van der Waals surface area contributed by atoms with E-state index in [0.29, 0.717) is 18.7 Å². The minimum Gasteiger partial charge on any atom is -0.368 e. The molecule has 32 heavy (non-hydrogen) atoms. The molecule has 0 aliphatic carbocycles. The van der Waals surface area contributed by atoms with Crippen LogP contribution in [0.2, 0.25) is 0 Å². The van der Waals surface area contributed by atoms with Gasteiger partial charge in [-0.15, -0.1) is 11.3 Å². The van der Waals surface area contributed by atoms with E-state index in [4.69, 9.17) is 5.73 Å². The van der Waals surface area contributed by atoms with Crippen LogP contribution in [0.25, 0.3) is 10.6 Å². The lowest BCUT2D eigenvalue weighted by Gasteiger charge is -2.20. The molecule has 0 saturated heterocycles. The van der Waals surface area contributed by atoms with Gasteiger partial charge in [-0.2, -0.15) is 5.10 Å². The number of nitrogens with zero attached hydrogens (tertiary/aromatic N) is 3. The van der Waals surface area contributed by atoms with E-state index >= 15 is 0 Å². The number of aryl methyl sites for hydroxylation is 1. The molecule has 4 rings (SSSR count). The number of aromatic nitrogens is 1. The highest BCUT2D eigenvalue weighted by molar-refractivity contribution is 7.13. The Hall–Kier alpha value is -3.59. The van der Waals surface area contributed by atoms with E-state index in [0.717, 1.165) is 16.3 Å². The van der Waals surface area contributed by atoms with Crippen molar-refractivity contribution in [1.82, 2.24) is 10.3 Å². The number of hydrogen-bond donors (Lipinski definition) is 2. The Morgan fingerprint density at radius 3 is 2.59 bits per heavy atom. The van der Waals surface area contributed by atoms with Crippen LogP contribution < -0.4 is 16.1 Å². The fraction of sp³-hybridized carbons (Fsp3) is 0.217.